The number of aliphatic hydroxyl groups is 2. The highest BCUT2D eigenvalue weighted by Crippen LogP contribution is 2.62. The first kappa shape index (κ1) is 13.3. The molecule has 2 fully saturated rings. The first-order chi connectivity index (χ1) is 7.71. The zero-order chi connectivity index (χ0) is 12.9. The number of nitrogens with one attached hydrogen (secondary N) is 1. The molecule has 2 aliphatic carbocycles. The third kappa shape index (κ3) is 2.13. The van der Waals surface area contributed by atoms with Crippen molar-refractivity contribution in [2.45, 2.75) is 58.6 Å². The predicted molar refractivity (Wildman–Crippen MR) is 68.7 cm³/mol. The Morgan fingerprint density at radius 3 is 2.47 bits per heavy atom. The smallest absolute Gasteiger partial charge is 0.0972 e. The normalized spacial score (nSPS) is 42.7. The minimum absolute atomic E-state index is 0.187. The van der Waals surface area contributed by atoms with Crippen LogP contribution >= 0.6 is 0 Å². The highest BCUT2D eigenvalue weighted by atomic mass is 16.3. The van der Waals surface area contributed by atoms with Crippen LogP contribution in [0.3, 0.4) is 0 Å². The quantitative estimate of drug-likeness (QED) is 0.700. The van der Waals surface area contributed by atoms with Gasteiger partial charge in [-0.15, -0.1) is 0 Å². The van der Waals surface area contributed by atoms with Gasteiger partial charge in [-0.2, -0.15) is 0 Å². The van der Waals surface area contributed by atoms with Crippen LogP contribution in [0.15, 0.2) is 0 Å². The van der Waals surface area contributed by atoms with Crippen LogP contribution in [0, 0.1) is 16.7 Å². The summed E-state index contributed by atoms with van der Waals surface area (Å²) in [5.41, 5.74) is -0.327. The van der Waals surface area contributed by atoms with Crippen molar-refractivity contribution < 1.29 is 10.2 Å². The molecule has 0 aromatic carbocycles. The molecule has 0 heterocycles. The molecule has 0 amide bonds. The monoisotopic (exact) mass is 241 g/mol. The molecular weight excluding hydrogens is 214 g/mol. The predicted octanol–water partition coefficient (Wildman–Crippen LogP) is 1.53. The third-order valence-electron chi connectivity index (χ3n) is 5.30. The molecule has 3 N–H and O–H groups in total. The van der Waals surface area contributed by atoms with Gasteiger partial charge in [0.25, 0.3) is 0 Å². The van der Waals surface area contributed by atoms with E-state index >= 15 is 0 Å². The average molecular weight is 241 g/mol. The lowest BCUT2D eigenvalue weighted by molar-refractivity contribution is -0.00973. The second kappa shape index (κ2) is 3.94. The van der Waals surface area contributed by atoms with Gasteiger partial charge in [-0.1, -0.05) is 20.8 Å². The summed E-state index contributed by atoms with van der Waals surface area (Å²) in [6.45, 7) is 9.02. The zero-order valence-corrected chi connectivity index (χ0v) is 11.6. The van der Waals surface area contributed by atoms with E-state index in [0.29, 0.717) is 23.4 Å². The Morgan fingerprint density at radius 1 is 1.35 bits per heavy atom. The minimum Gasteiger partial charge on any atom is -0.393 e. The minimum atomic E-state index is -1.01. The van der Waals surface area contributed by atoms with Gasteiger partial charge in [0, 0.05) is 12.6 Å². The van der Waals surface area contributed by atoms with Crippen LogP contribution in [-0.4, -0.2) is 35.0 Å². The molecule has 0 radical (unpaired) electrons. The van der Waals surface area contributed by atoms with Crippen molar-refractivity contribution in [1.29, 1.82) is 0 Å². The molecule has 2 aliphatic rings. The summed E-state index contributed by atoms with van der Waals surface area (Å²) in [5, 5.41) is 22.5. The van der Waals surface area contributed by atoms with Gasteiger partial charge in [-0.3, -0.25) is 0 Å². The van der Waals surface area contributed by atoms with E-state index in [1.54, 1.807) is 6.92 Å². The maximum Gasteiger partial charge on any atom is 0.0972 e. The summed E-state index contributed by atoms with van der Waals surface area (Å²) in [7, 11) is 0. The van der Waals surface area contributed by atoms with E-state index < -0.39 is 5.60 Å². The molecule has 100 valence electrons. The summed E-state index contributed by atoms with van der Waals surface area (Å²) in [4.78, 5) is 0. The van der Waals surface area contributed by atoms with Gasteiger partial charge in [0.05, 0.1) is 12.2 Å². The molecule has 0 saturated heterocycles. The van der Waals surface area contributed by atoms with E-state index in [0.717, 1.165) is 5.92 Å². The van der Waals surface area contributed by atoms with Crippen LogP contribution in [0.1, 0.15) is 47.0 Å². The second-order valence-corrected chi connectivity index (χ2v) is 7.38. The van der Waals surface area contributed by atoms with E-state index in [1.165, 1.54) is 19.3 Å². The van der Waals surface area contributed by atoms with Crippen LogP contribution in [0.5, 0.6) is 0 Å². The van der Waals surface area contributed by atoms with E-state index in [2.05, 4.69) is 26.1 Å². The molecule has 0 aliphatic heterocycles. The van der Waals surface area contributed by atoms with Crippen molar-refractivity contribution in [2.24, 2.45) is 16.7 Å². The number of fused-ring (bicyclic) bond motifs is 2. The lowest BCUT2D eigenvalue weighted by Crippen LogP contribution is -2.54. The van der Waals surface area contributed by atoms with Crippen molar-refractivity contribution in [3.8, 4) is 0 Å². The standard InChI is InChI=1S/C14H27NO2/c1-12(2)10-5-6-13(3,7-10)11(12)15-8-14(4,17)9-16/h10-11,15-17H,5-9H2,1-4H3/t10-,11?,13+,14?/m0/s1. The fourth-order valence-electron chi connectivity index (χ4n) is 4.19. The fourth-order valence-corrected chi connectivity index (χ4v) is 4.19. The topological polar surface area (TPSA) is 52.5 Å². The van der Waals surface area contributed by atoms with Crippen LogP contribution in [-0.2, 0) is 0 Å². The molecule has 4 atom stereocenters. The first-order valence-corrected chi connectivity index (χ1v) is 6.78. The van der Waals surface area contributed by atoms with Gasteiger partial charge < -0.3 is 15.5 Å². The summed E-state index contributed by atoms with van der Waals surface area (Å²) < 4.78 is 0. The maximum atomic E-state index is 9.90. The Morgan fingerprint density at radius 2 is 2.00 bits per heavy atom. The molecule has 2 saturated carbocycles. The Kier molecular flexibility index (Phi) is 3.08. The van der Waals surface area contributed by atoms with Crippen molar-refractivity contribution in [2.75, 3.05) is 13.2 Å². The average Bonchev–Trinajstić information content (AvgIpc) is 2.68. The Labute approximate surface area is 105 Å². The van der Waals surface area contributed by atoms with Gasteiger partial charge in [0.2, 0.25) is 0 Å². The van der Waals surface area contributed by atoms with Gasteiger partial charge in [0.1, 0.15) is 0 Å². The molecule has 2 bridgehead atoms. The van der Waals surface area contributed by atoms with E-state index in [1.807, 2.05) is 0 Å². The molecule has 2 rings (SSSR count). The molecule has 0 spiro atoms. The van der Waals surface area contributed by atoms with Crippen molar-refractivity contribution in [3.63, 3.8) is 0 Å². The first-order valence-electron chi connectivity index (χ1n) is 6.78. The number of hydrogen-bond acceptors (Lipinski definition) is 3. The van der Waals surface area contributed by atoms with E-state index in [4.69, 9.17) is 5.11 Å². The van der Waals surface area contributed by atoms with Crippen molar-refractivity contribution in [3.05, 3.63) is 0 Å². The maximum absolute atomic E-state index is 9.90. The Balaban J connectivity index is 2.05. The summed E-state index contributed by atoms with van der Waals surface area (Å²) in [6.07, 6.45) is 3.94. The number of aliphatic hydroxyl groups excluding tert-OH is 1. The lowest BCUT2D eigenvalue weighted by atomic mass is 9.68. The van der Waals surface area contributed by atoms with Gasteiger partial charge in [-0.05, 0) is 42.9 Å². The lowest BCUT2D eigenvalue weighted by Gasteiger charge is -2.44. The van der Waals surface area contributed by atoms with E-state index in [9.17, 15) is 5.11 Å². The van der Waals surface area contributed by atoms with Crippen molar-refractivity contribution in [1.82, 2.24) is 5.32 Å². The number of hydrogen-bond donors (Lipinski definition) is 3. The molecular formula is C14H27NO2. The molecule has 0 aromatic heterocycles. The summed E-state index contributed by atoms with van der Waals surface area (Å²) in [5.74, 6) is 0.809. The molecule has 0 aromatic rings. The summed E-state index contributed by atoms with van der Waals surface area (Å²) in [6, 6.07) is 0.451. The fraction of sp³-hybridized carbons (Fsp3) is 1.00. The molecule has 2 unspecified atom stereocenters. The highest BCUT2D eigenvalue weighted by Gasteiger charge is 2.59. The molecule has 3 nitrogen and oxygen atoms in total. The molecule has 3 heteroatoms. The largest absolute Gasteiger partial charge is 0.393 e. The van der Waals surface area contributed by atoms with Gasteiger partial charge in [-0.25, -0.2) is 0 Å². The third-order valence-corrected chi connectivity index (χ3v) is 5.30. The van der Waals surface area contributed by atoms with E-state index in [-0.39, 0.29) is 6.61 Å². The highest BCUT2D eigenvalue weighted by molar-refractivity contribution is 5.12. The second-order valence-electron chi connectivity index (χ2n) is 7.38. The number of rotatable bonds is 4. The van der Waals surface area contributed by atoms with Crippen molar-refractivity contribution >= 4 is 0 Å². The Bertz CT molecular complexity index is 296. The SMILES string of the molecule is CC(O)(CO)CNC1C(C)(C)[C@H]2CC[C@]1(C)C2. The van der Waals surface area contributed by atoms with Gasteiger partial charge in [0.15, 0.2) is 0 Å². The zero-order valence-electron chi connectivity index (χ0n) is 11.6. The van der Waals surface area contributed by atoms with Crippen LogP contribution in [0.4, 0.5) is 0 Å². The van der Waals surface area contributed by atoms with Crippen LogP contribution in [0.2, 0.25) is 0 Å². The van der Waals surface area contributed by atoms with Gasteiger partial charge >= 0.3 is 0 Å². The van der Waals surface area contributed by atoms with Crippen LogP contribution < -0.4 is 5.32 Å². The van der Waals surface area contributed by atoms with Crippen LogP contribution in [0.25, 0.3) is 0 Å². The Hall–Kier alpha value is -0.120. The summed E-state index contributed by atoms with van der Waals surface area (Å²) >= 11 is 0. The molecule has 17 heavy (non-hydrogen) atoms.